The lowest BCUT2D eigenvalue weighted by Crippen LogP contribution is -2.22. The fourth-order valence-corrected chi connectivity index (χ4v) is 2.52. The fourth-order valence-electron chi connectivity index (χ4n) is 2.52. The number of nitrogens with two attached hydrogens (primary N) is 1. The number of hydrogen-bond acceptors (Lipinski definition) is 4. The van der Waals surface area contributed by atoms with Crippen LogP contribution in [0.15, 0.2) is 36.5 Å². The van der Waals surface area contributed by atoms with Gasteiger partial charge in [0.1, 0.15) is 24.2 Å². The number of rotatable bonds is 5. The van der Waals surface area contributed by atoms with E-state index in [9.17, 15) is 0 Å². The van der Waals surface area contributed by atoms with Gasteiger partial charge in [-0.05, 0) is 37.2 Å². The molecule has 3 rings (SSSR count). The Bertz CT molecular complexity index is 611. The molecule has 1 aromatic heterocycles. The van der Waals surface area contributed by atoms with Crippen LogP contribution in [-0.2, 0) is 12.8 Å². The highest BCUT2D eigenvalue weighted by Gasteiger charge is 2.23. The van der Waals surface area contributed by atoms with E-state index >= 15 is 0 Å². The maximum absolute atomic E-state index is 5.88. The third-order valence-electron chi connectivity index (χ3n) is 3.59. The number of fused-ring (bicyclic) bond motifs is 1. The van der Waals surface area contributed by atoms with Gasteiger partial charge in [-0.25, -0.2) is 0 Å². The molecule has 110 valence electrons. The molecule has 0 radical (unpaired) electrons. The Kier molecular flexibility index (Phi) is 4.06. The van der Waals surface area contributed by atoms with Gasteiger partial charge in [0.15, 0.2) is 0 Å². The van der Waals surface area contributed by atoms with Gasteiger partial charge in [0.25, 0.3) is 0 Å². The Morgan fingerprint density at radius 1 is 1.33 bits per heavy atom. The minimum Gasteiger partial charge on any atom is -0.488 e. The number of nitrogens with zero attached hydrogens (tertiary/aromatic N) is 1. The molecule has 0 amide bonds. The first-order chi connectivity index (χ1) is 10.2. The van der Waals surface area contributed by atoms with Crippen LogP contribution in [0.2, 0.25) is 0 Å². The summed E-state index contributed by atoms with van der Waals surface area (Å²) in [6, 6.07) is 10.2. The van der Waals surface area contributed by atoms with Gasteiger partial charge in [-0.15, -0.1) is 0 Å². The predicted octanol–water partition coefficient (Wildman–Crippen LogP) is 2.27. The van der Waals surface area contributed by atoms with Crippen molar-refractivity contribution in [1.29, 1.82) is 0 Å². The van der Waals surface area contributed by atoms with Crippen LogP contribution in [0.3, 0.4) is 0 Å². The molecule has 0 fully saturated rings. The third kappa shape index (κ3) is 3.34. The molecule has 2 heterocycles. The molecule has 0 saturated heterocycles. The molecule has 2 N–H and O–H groups in total. The second kappa shape index (κ2) is 6.14. The largest absolute Gasteiger partial charge is 0.488 e. The van der Waals surface area contributed by atoms with Crippen LogP contribution in [-0.4, -0.2) is 24.2 Å². The fraction of sp³-hybridized carbons (Fsp3) is 0.353. The van der Waals surface area contributed by atoms with E-state index in [2.05, 4.69) is 24.0 Å². The molecular formula is C17H20N2O2. The monoisotopic (exact) mass is 284 g/mol. The highest BCUT2D eigenvalue weighted by Crippen LogP contribution is 2.29. The van der Waals surface area contributed by atoms with Crippen LogP contribution >= 0.6 is 0 Å². The van der Waals surface area contributed by atoms with E-state index in [-0.39, 0.29) is 6.10 Å². The topological polar surface area (TPSA) is 57.4 Å². The molecule has 1 aromatic carbocycles. The summed E-state index contributed by atoms with van der Waals surface area (Å²) in [4.78, 5) is 4.32. The predicted molar refractivity (Wildman–Crippen MR) is 81.8 cm³/mol. The zero-order chi connectivity index (χ0) is 14.7. The van der Waals surface area contributed by atoms with E-state index in [1.54, 1.807) is 6.20 Å². The van der Waals surface area contributed by atoms with E-state index < -0.39 is 0 Å². The normalized spacial score (nSPS) is 16.4. The first-order valence-corrected chi connectivity index (χ1v) is 7.28. The van der Waals surface area contributed by atoms with Gasteiger partial charge in [-0.2, -0.15) is 0 Å². The van der Waals surface area contributed by atoms with E-state index in [1.807, 2.05) is 18.2 Å². The summed E-state index contributed by atoms with van der Waals surface area (Å²) >= 11 is 0. The molecular weight excluding hydrogens is 264 g/mol. The van der Waals surface area contributed by atoms with Crippen molar-refractivity contribution in [2.75, 3.05) is 13.2 Å². The summed E-state index contributed by atoms with van der Waals surface area (Å²) < 4.78 is 11.6. The molecule has 0 bridgehead atoms. The number of hydrogen-bond donors (Lipinski definition) is 1. The summed E-state index contributed by atoms with van der Waals surface area (Å²) in [7, 11) is 0. The molecule has 0 spiro atoms. The van der Waals surface area contributed by atoms with E-state index in [0.29, 0.717) is 13.2 Å². The van der Waals surface area contributed by atoms with Crippen molar-refractivity contribution in [2.45, 2.75) is 25.9 Å². The van der Waals surface area contributed by atoms with Crippen molar-refractivity contribution in [3.05, 3.63) is 53.3 Å². The summed E-state index contributed by atoms with van der Waals surface area (Å²) in [5.74, 6) is 1.75. The Hall–Kier alpha value is -2.07. The molecule has 21 heavy (non-hydrogen) atoms. The summed E-state index contributed by atoms with van der Waals surface area (Å²) in [6.45, 7) is 3.24. The first-order valence-electron chi connectivity index (χ1n) is 7.28. The number of aromatic nitrogens is 1. The van der Waals surface area contributed by atoms with Crippen molar-refractivity contribution in [3.8, 4) is 11.5 Å². The number of benzene rings is 1. The van der Waals surface area contributed by atoms with E-state index in [4.69, 9.17) is 15.2 Å². The van der Waals surface area contributed by atoms with Gasteiger partial charge < -0.3 is 15.2 Å². The lowest BCUT2D eigenvalue weighted by Gasteiger charge is -2.12. The van der Waals surface area contributed by atoms with Crippen LogP contribution in [0.25, 0.3) is 0 Å². The molecule has 4 nitrogen and oxygen atoms in total. The molecule has 1 aliphatic heterocycles. The Labute approximate surface area is 124 Å². The van der Waals surface area contributed by atoms with Crippen molar-refractivity contribution in [1.82, 2.24) is 4.98 Å². The first kappa shape index (κ1) is 13.9. The van der Waals surface area contributed by atoms with E-state index in [1.165, 1.54) is 11.1 Å². The molecule has 1 aliphatic rings. The minimum atomic E-state index is 0.0746. The molecule has 4 heteroatoms. The van der Waals surface area contributed by atoms with Gasteiger partial charge in [-0.1, -0.05) is 17.7 Å². The highest BCUT2D eigenvalue weighted by atomic mass is 16.5. The van der Waals surface area contributed by atoms with Crippen LogP contribution in [0.1, 0.15) is 16.8 Å². The standard InChI is InChI=1S/C17H20N2O2/c1-12-2-5-17-13(8-12)9-16(21-17)11-20-15-4-3-14(6-7-18)19-10-15/h2-5,8,10,16H,6-7,9,11,18H2,1H3. The molecule has 1 atom stereocenters. The third-order valence-corrected chi connectivity index (χ3v) is 3.59. The van der Waals surface area contributed by atoms with Gasteiger partial charge in [0, 0.05) is 18.5 Å². The van der Waals surface area contributed by atoms with E-state index in [0.717, 1.165) is 30.0 Å². The van der Waals surface area contributed by atoms with Crippen molar-refractivity contribution >= 4 is 0 Å². The lowest BCUT2D eigenvalue weighted by atomic mass is 10.1. The summed E-state index contributed by atoms with van der Waals surface area (Å²) in [6.07, 6.45) is 3.51. The molecule has 2 aromatic rings. The number of aryl methyl sites for hydroxylation is 1. The molecule has 0 aliphatic carbocycles. The number of pyridine rings is 1. The Morgan fingerprint density at radius 3 is 3.00 bits per heavy atom. The van der Waals surface area contributed by atoms with Crippen molar-refractivity contribution in [2.24, 2.45) is 5.73 Å². The molecule has 1 unspecified atom stereocenters. The maximum atomic E-state index is 5.88. The summed E-state index contributed by atoms with van der Waals surface area (Å²) in [5.41, 5.74) is 9.02. The lowest BCUT2D eigenvalue weighted by molar-refractivity contribution is 0.148. The van der Waals surface area contributed by atoms with Crippen molar-refractivity contribution in [3.63, 3.8) is 0 Å². The number of ether oxygens (including phenoxy) is 2. The van der Waals surface area contributed by atoms with Crippen LogP contribution in [0.4, 0.5) is 0 Å². The van der Waals surface area contributed by atoms with Crippen LogP contribution in [0.5, 0.6) is 11.5 Å². The van der Waals surface area contributed by atoms with Gasteiger partial charge in [0.05, 0.1) is 6.20 Å². The maximum Gasteiger partial charge on any atom is 0.137 e. The minimum absolute atomic E-state index is 0.0746. The Balaban J connectivity index is 1.55. The average molecular weight is 284 g/mol. The quantitative estimate of drug-likeness (QED) is 0.915. The van der Waals surface area contributed by atoms with Gasteiger partial charge >= 0.3 is 0 Å². The smallest absolute Gasteiger partial charge is 0.137 e. The van der Waals surface area contributed by atoms with Crippen LogP contribution in [0, 0.1) is 6.92 Å². The SMILES string of the molecule is Cc1ccc2c(c1)CC(COc1ccc(CCN)nc1)O2. The Morgan fingerprint density at radius 2 is 2.24 bits per heavy atom. The van der Waals surface area contributed by atoms with Crippen LogP contribution < -0.4 is 15.2 Å². The molecule has 0 saturated carbocycles. The zero-order valence-corrected chi connectivity index (χ0v) is 12.2. The zero-order valence-electron chi connectivity index (χ0n) is 12.2. The van der Waals surface area contributed by atoms with Gasteiger partial charge in [-0.3, -0.25) is 4.98 Å². The highest BCUT2D eigenvalue weighted by molar-refractivity contribution is 5.40. The van der Waals surface area contributed by atoms with Crippen molar-refractivity contribution < 1.29 is 9.47 Å². The second-order valence-corrected chi connectivity index (χ2v) is 5.39. The van der Waals surface area contributed by atoms with Gasteiger partial charge in [0.2, 0.25) is 0 Å². The average Bonchev–Trinajstić information content (AvgIpc) is 2.89. The summed E-state index contributed by atoms with van der Waals surface area (Å²) in [5, 5.41) is 0. The second-order valence-electron chi connectivity index (χ2n) is 5.39.